The van der Waals surface area contributed by atoms with E-state index < -0.39 is 15.6 Å². The number of hydrogen-bond donors (Lipinski definition) is 4. The molecular formula is C14H27IN4O3S2. The van der Waals surface area contributed by atoms with Crippen LogP contribution in [0.4, 0.5) is 0 Å². The zero-order valence-corrected chi connectivity index (χ0v) is 18.2. The summed E-state index contributed by atoms with van der Waals surface area (Å²) in [6.07, 6.45) is 0. The number of halogens is 1. The Kier molecular flexibility index (Phi) is 11.0. The third-order valence-corrected chi connectivity index (χ3v) is 5.59. The molecule has 1 aromatic heterocycles. The molecule has 1 atom stereocenters. The van der Waals surface area contributed by atoms with Crippen LogP contribution in [0.15, 0.2) is 22.5 Å². The van der Waals surface area contributed by atoms with Crippen LogP contribution in [-0.2, 0) is 15.6 Å². The number of hydrogen-bond acceptors (Lipinski definition) is 5. The molecule has 0 amide bonds. The molecule has 24 heavy (non-hydrogen) atoms. The van der Waals surface area contributed by atoms with Crippen LogP contribution in [0.5, 0.6) is 0 Å². The molecule has 4 N–H and O–H groups in total. The Morgan fingerprint density at radius 1 is 1.33 bits per heavy atom. The number of rotatable bonds is 9. The highest BCUT2D eigenvalue weighted by molar-refractivity contribution is 14.0. The van der Waals surface area contributed by atoms with Gasteiger partial charge >= 0.3 is 0 Å². The first-order valence-corrected chi connectivity index (χ1v) is 10.1. The van der Waals surface area contributed by atoms with Crippen molar-refractivity contribution in [2.75, 3.05) is 31.9 Å². The topological polar surface area (TPSA) is 103 Å². The van der Waals surface area contributed by atoms with E-state index in [1.807, 2.05) is 24.4 Å². The van der Waals surface area contributed by atoms with Gasteiger partial charge in [0.05, 0.1) is 12.3 Å². The summed E-state index contributed by atoms with van der Waals surface area (Å²) in [5, 5.41) is 18.5. The highest BCUT2D eigenvalue weighted by Gasteiger charge is 2.23. The van der Waals surface area contributed by atoms with E-state index in [1.165, 1.54) is 11.3 Å². The predicted molar refractivity (Wildman–Crippen MR) is 111 cm³/mol. The Bertz CT molecular complexity index is 589. The van der Waals surface area contributed by atoms with Crippen molar-refractivity contribution in [1.29, 1.82) is 0 Å². The number of guanidine groups is 1. The van der Waals surface area contributed by atoms with E-state index in [-0.39, 0.29) is 42.8 Å². The lowest BCUT2D eigenvalue weighted by Crippen LogP contribution is -2.42. The van der Waals surface area contributed by atoms with E-state index in [1.54, 1.807) is 13.8 Å². The molecular weight excluding hydrogens is 463 g/mol. The molecule has 1 heterocycles. The molecule has 0 aromatic carbocycles. The molecule has 0 aliphatic rings. The molecule has 0 aliphatic carbocycles. The van der Waals surface area contributed by atoms with Crippen LogP contribution in [0.1, 0.15) is 25.6 Å². The van der Waals surface area contributed by atoms with Gasteiger partial charge in [0, 0.05) is 24.5 Å². The van der Waals surface area contributed by atoms with Crippen molar-refractivity contribution in [3.8, 4) is 0 Å². The number of aliphatic imine (C=N–C) groups is 1. The molecule has 0 bridgehead atoms. The first kappa shape index (κ1) is 23.6. The summed E-state index contributed by atoms with van der Waals surface area (Å²) in [7, 11) is -3.18. The molecule has 1 aromatic rings. The van der Waals surface area contributed by atoms with Gasteiger partial charge in [-0.25, -0.2) is 18.1 Å². The maximum atomic E-state index is 11.3. The summed E-state index contributed by atoms with van der Waals surface area (Å²) >= 11 is 1.48. The minimum absolute atomic E-state index is 0. The van der Waals surface area contributed by atoms with E-state index in [2.05, 4.69) is 20.3 Å². The van der Waals surface area contributed by atoms with Crippen LogP contribution >= 0.6 is 35.3 Å². The fourth-order valence-corrected chi connectivity index (χ4v) is 3.12. The normalized spacial score (nSPS) is 14.6. The highest BCUT2D eigenvalue weighted by atomic mass is 127. The maximum absolute atomic E-state index is 11.3. The van der Waals surface area contributed by atoms with Crippen LogP contribution in [0, 0.1) is 0 Å². The Morgan fingerprint density at radius 2 is 2.04 bits per heavy atom. The number of nitrogens with one attached hydrogen (secondary N) is 3. The molecule has 0 aliphatic heterocycles. The molecule has 0 radical (unpaired) electrons. The first-order chi connectivity index (χ1) is 10.8. The van der Waals surface area contributed by atoms with Gasteiger partial charge in [-0.3, -0.25) is 0 Å². The largest absolute Gasteiger partial charge is 0.383 e. The number of nitrogens with zero attached hydrogens (tertiary/aromatic N) is 1. The summed E-state index contributed by atoms with van der Waals surface area (Å²) in [4.78, 5) is 5.22. The van der Waals surface area contributed by atoms with Crippen molar-refractivity contribution in [3.63, 3.8) is 0 Å². The monoisotopic (exact) mass is 490 g/mol. The Morgan fingerprint density at radius 3 is 2.58 bits per heavy atom. The van der Waals surface area contributed by atoms with Gasteiger partial charge < -0.3 is 15.7 Å². The van der Waals surface area contributed by atoms with Crippen LogP contribution in [0.25, 0.3) is 0 Å². The fourth-order valence-electron chi connectivity index (χ4n) is 1.73. The minimum atomic E-state index is -3.18. The molecule has 0 saturated heterocycles. The predicted octanol–water partition coefficient (Wildman–Crippen LogP) is 1.07. The second-order valence-corrected chi connectivity index (χ2v) is 8.21. The Hall–Kier alpha value is -0.430. The van der Waals surface area contributed by atoms with Gasteiger partial charge in [0.15, 0.2) is 5.96 Å². The molecule has 1 unspecified atom stereocenters. The summed E-state index contributed by atoms with van der Waals surface area (Å²) in [5.41, 5.74) is -1.03. The zero-order valence-electron chi connectivity index (χ0n) is 14.2. The summed E-state index contributed by atoms with van der Waals surface area (Å²) in [6.45, 7) is 6.83. The standard InChI is InChI=1S/C14H26N4O3S2.HI/c1-4-15-13(16-8-9-18-23(20,21)5-2)17-11-14(3,19)12-7-6-10-22-12;/h6-7,10,18-19H,4-5,8-9,11H2,1-3H3,(H2,15,16,17);1H. The smallest absolute Gasteiger partial charge is 0.211 e. The van der Waals surface area contributed by atoms with Gasteiger partial charge in [0.1, 0.15) is 5.60 Å². The van der Waals surface area contributed by atoms with E-state index in [0.717, 1.165) is 4.88 Å². The number of sulfonamides is 1. The van der Waals surface area contributed by atoms with E-state index in [4.69, 9.17) is 0 Å². The van der Waals surface area contributed by atoms with E-state index in [0.29, 0.717) is 19.0 Å². The van der Waals surface area contributed by atoms with Crippen molar-refractivity contribution in [3.05, 3.63) is 22.4 Å². The highest BCUT2D eigenvalue weighted by Crippen LogP contribution is 2.25. The molecule has 0 fully saturated rings. The lowest BCUT2D eigenvalue weighted by molar-refractivity contribution is 0.0711. The van der Waals surface area contributed by atoms with Crippen LogP contribution < -0.4 is 15.4 Å². The lowest BCUT2D eigenvalue weighted by Gasteiger charge is -2.20. The Balaban J connectivity index is 0.00000529. The quantitative estimate of drug-likeness (QED) is 0.180. The van der Waals surface area contributed by atoms with Crippen LogP contribution in [0.2, 0.25) is 0 Å². The second-order valence-electron chi connectivity index (χ2n) is 5.17. The minimum Gasteiger partial charge on any atom is -0.383 e. The van der Waals surface area contributed by atoms with Gasteiger partial charge in [-0.05, 0) is 32.2 Å². The van der Waals surface area contributed by atoms with E-state index in [9.17, 15) is 13.5 Å². The van der Waals surface area contributed by atoms with Crippen LogP contribution in [-0.4, -0.2) is 51.4 Å². The molecule has 1 rings (SSSR count). The van der Waals surface area contributed by atoms with Crippen molar-refractivity contribution in [2.24, 2.45) is 4.99 Å². The number of aliphatic hydroxyl groups is 1. The molecule has 0 spiro atoms. The third kappa shape index (κ3) is 8.60. The molecule has 7 nitrogen and oxygen atoms in total. The Labute approximate surface area is 165 Å². The van der Waals surface area contributed by atoms with Crippen molar-refractivity contribution in [2.45, 2.75) is 26.4 Å². The molecule has 140 valence electrons. The van der Waals surface area contributed by atoms with Crippen LogP contribution in [0.3, 0.4) is 0 Å². The van der Waals surface area contributed by atoms with Crippen molar-refractivity contribution >= 4 is 51.3 Å². The van der Waals surface area contributed by atoms with Gasteiger partial charge in [0.2, 0.25) is 10.0 Å². The SMILES string of the molecule is CCNC(=NCC(C)(O)c1cccs1)NCCNS(=O)(=O)CC.I. The maximum Gasteiger partial charge on any atom is 0.211 e. The summed E-state index contributed by atoms with van der Waals surface area (Å²) in [6, 6.07) is 3.77. The lowest BCUT2D eigenvalue weighted by atomic mass is 10.1. The first-order valence-electron chi connectivity index (χ1n) is 7.56. The van der Waals surface area contributed by atoms with Gasteiger partial charge in [0.25, 0.3) is 0 Å². The average molecular weight is 490 g/mol. The summed E-state index contributed by atoms with van der Waals surface area (Å²) in [5.74, 6) is 0.602. The second kappa shape index (κ2) is 11.2. The van der Waals surface area contributed by atoms with Gasteiger partial charge in [-0.2, -0.15) is 0 Å². The average Bonchev–Trinajstić information content (AvgIpc) is 3.04. The molecule has 0 saturated carbocycles. The third-order valence-electron chi connectivity index (χ3n) is 3.06. The zero-order chi connectivity index (χ0) is 17.3. The van der Waals surface area contributed by atoms with Crippen molar-refractivity contribution in [1.82, 2.24) is 15.4 Å². The number of thiophene rings is 1. The molecule has 10 heteroatoms. The summed E-state index contributed by atoms with van der Waals surface area (Å²) < 4.78 is 25.2. The van der Waals surface area contributed by atoms with Crippen molar-refractivity contribution < 1.29 is 13.5 Å². The van der Waals surface area contributed by atoms with E-state index >= 15 is 0 Å². The van der Waals surface area contributed by atoms with Gasteiger partial charge in [-0.15, -0.1) is 35.3 Å². The van der Waals surface area contributed by atoms with Gasteiger partial charge in [-0.1, -0.05) is 6.07 Å². The fraction of sp³-hybridized carbons (Fsp3) is 0.643.